The van der Waals surface area contributed by atoms with E-state index in [0.717, 1.165) is 17.0 Å². The molecule has 6 heteroatoms. The van der Waals surface area contributed by atoms with Crippen LogP contribution in [0.25, 0.3) is 0 Å². The Balaban J connectivity index is 2.18. The highest BCUT2D eigenvalue weighted by molar-refractivity contribution is 6.05. The number of likely N-dealkylation sites (tertiary alicyclic amines) is 1. The quantitative estimate of drug-likeness (QED) is 0.859. The molecule has 0 saturated carbocycles. The molecule has 1 atom stereocenters. The van der Waals surface area contributed by atoms with Gasteiger partial charge in [-0.1, -0.05) is 19.9 Å². The number of hydrogen-bond acceptors (Lipinski definition) is 3. The summed E-state index contributed by atoms with van der Waals surface area (Å²) < 4.78 is 26.5. The molecule has 0 radical (unpaired) electrons. The maximum atomic E-state index is 13.6. The molecule has 2 N–H and O–H groups in total. The van der Waals surface area contributed by atoms with Crippen LogP contribution in [0.4, 0.5) is 8.78 Å². The zero-order chi connectivity index (χ0) is 15.1. The highest BCUT2D eigenvalue weighted by Gasteiger charge is 2.45. The van der Waals surface area contributed by atoms with Gasteiger partial charge < -0.3 is 5.73 Å². The SMILES string of the molecule is CC1(C)CC(=O)N(CC(N)c2ccc(F)cc2F)C1=O. The van der Waals surface area contributed by atoms with Crippen LogP contribution in [0.15, 0.2) is 18.2 Å². The fourth-order valence-electron chi connectivity index (χ4n) is 2.31. The Labute approximate surface area is 115 Å². The number of carbonyl (C=O) groups excluding carboxylic acids is 2. The summed E-state index contributed by atoms with van der Waals surface area (Å²) in [7, 11) is 0. The van der Waals surface area contributed by atoms with E-state index in [1.807, 2.05) is 0 Å². The van der Waals surface area contributed by atoms with E-state index < -0.39 is 23.1 Å². The summed E-state index contributed by atoms with van der Waals surface area (Å²) in [4.78, 5) is 24.9. The summed E-state index contributed by atoms with van der Waals surface area (Å²) in [5.41, 5.74) is 5.16. The van der Waals surface area contributed by atoms with Crippen molar-refractivity contribution < 1.29 is 18.4 Å². The van der Waals surface area contributed by atoms with E-state index in [9.17, 15) is 18.4 Å². The first-order valence-electron chi connectivity index (χ1n) is 6.28. The van der Waals surface area contributed by atoms with Gasteiger partial charge in [0.15, 0.2) is 0 Å². The predicted molar refractivity (Wildman–Crippen MR) is 68.4 cm³/mol. The van der Waals surface area contributed by atoms with E-state index in [2.05, 4.69) is 0 Å². The average Bonchev–Trinajstić information content (AvgIpc) is 2.51. The molecule has 0 bridgehead atoms. The van der Waals surface area contributed by atoms with Gasteiger partial charge >= 0.3 is 0 Å². The molecule has 0 aromatic heterocycles. The lowest BCUT2D eigenvalue weighted by molar-refractivity contribution is -0.141. The molecule has 0 spiro atoms. The number of hydrogen-bond donors (Lipinski definition) is 1. The van der Waals surface area contributed by atoms with Gasteiger partial charge in [0.2, 0.25) is 11.8 Å². The van der Waals surface area contributed by atoms with Crippen LogP contribution in [0.5, 0.6) is 0 Å². The predicted octanol–water partition coefficient (Wildman–Crippen LogP) is 1.75. The molecule has 1 aromatic carbocycles. The van der Waals surface area contributed by atoms with Crippen LogP contribution in [-0.4, -0.2) is 23.3 Å². The molecule has 108 valence electrons. The van der Waals surface area contributed by atoms with Gasteiger partial charge in [-0.05, 0) is 6.07 Å². The molecule has 1 fully saturated rings. The van der Waals surface area contributed by atoms with E-state index >= 15 is 0 Å². The summed E-state index contributed by atoms with van der Waals surface area (Å²) in [6.45, 7) is 3.25. The number of nitrogens with two attached hydrogens (primary N) is 1. The second-order valence-electron chi connectivity index (χ2n) is 5.64. The molecule has 1 unspecified atom stereocenters. The van der Waals surface area contributed by atoms with E-state index in [-0.39, 0.29) is 30.3 Å². The molecular weight excluding hydrogens is 266 g/mol. The van der Waals surface area contributed by atoms with Gasteiger partial charge in [-0.3, -0.25) is 14.5 Å². The minimum atomic E-state index is -0.877. The summed E-state index contributed by atoms with van der Waals surface area (Å²) in [5.74, 6) is -2.12. The molecule has 1 aromatic rings. The van der Waals surface area contributed by atoms with E-state index in [1.165, 1.54) is 6.07 Å². The minimum absolute atomic E-state index is 0.0803. The van der Waals surface area contributed by atoms with Crippen molar-refractivity contribution in [2.24, 2.45) is 11.1 Å². The second-order valence-corrected chi connectivity index (χ2v) is 5.64. The number of benzene rings is 1. The third-order valence-electron chi connectivity index (χ3n) is 3.46. The summed E-state index contributed by atoms with van der Waals surface area (Å²) in [6, 6.07) is 2.17. The Morgan fingerprint density at radius 3 is 2.50 bits per heavy atom. The van der Waals surface area contributed by atoms with Crippen molar-refractivity contribution in [3.8, 4) is 0 Å². The van der Waals surface area contributed by atoms with Crippen molar-refractivity contribution >= 4 is 11.8 Å². The van der Waals surface area contributed by atoms with Crippen LogP contribution < -0.4 is 5.73 Å². The first kappa shape index (κ1) is 14.6. The molecule has 2 rings (SSSR count). The molecule has 0 aliphatic carbocycles. The Morgan fingerprint density at radius 1 is 1.35 bits per heavy atom. The third kappa shape index (κ3) is 2.56. The summed E-state index contributed by atoms with van der Waals surface area (Å²) in [5, 5.41) is 0. The van der Waals surface area contributed by atoms with Crippen LogP contribution in [0, 0.1) is 17.0 Å². The van der Waals surface area contributed by atoms with Crippen LogP contribution in [-0.2, 0) is 9.59 Å². The summed E-state index contributed by atoms with van der Waals surface area (Å²) in [6.07, 6.45) is 0.116. The smallest absolute Gasteiger partial charge is 0.235 e. The fourth-order valence-corrected chi connectivity index (χ4v) is 2.31. The Kier molecular flexibility index (Phi) is 3.60. The number of amides is 2. The van der Waals surface area contributed by atoms with E-state index in [1.54, 1.807) is 13.8 Å². The largest absolute Gasteiger partial charge is 0.322 e. The monoisotopic (exact) mass is 282 g/mol. The normalized spacial score (nSPS) is 19.6. The molecule has 2 amide bonds. The number of imide groups is 1. The van der Waals surface area contributed by atoms with Crippen molar-refractivity contribution in [2.75, 3.05) is 6.54 Å². The van der Waals surface area contributed by atoms with Crippen LogP contribution in [0.1, 0.15) is 31.9 Å². The average molecular weight is 282 g/mol. The number of halogens is 2. The topological polar surface area (TPSA) is 63.4 Å². The van der Waals surface area contributed by atoms with Gasteiger partial charge in [-0.15, -0.1) is 0 Å². The zero-order valence-corrected chi connectivity index (χ0v) is 11.3. The fraction of sp³-hybridized carbons (Fsp3) is 0.429. The van der Waals surface area contributed by atoms with Gasteiger partial charge in [0, 0.05) is 24.6 Å². The van der Waals surface area contributed by atoms with Gasteiger partial charge in [-0.25, -0.2) is 8.78 Å². The summed E-state index contributed by atoms with van der Waals surface area (Å²) >= 11 is 0. The molecule has 1 heterocycles. The Hall–Kier alpha value is -1.82. The zero-order valence-electron chi connectivity index (χ0n) is 11.3. The third-order valence-corrected chi connectivity index (χ3v) is 3.46. The van der Waals surface area contributed by atoms with Crippen LogP contribution in [0.2, 0.25) is 0 Å². The number of nitrogens with zero attached hydrogens (tertiary/aromatic N) is 1. The van der Waals surface area contributed by atoms with Crippen molar-refractivity contribution in [3.63, 3.8) is 0 Å². The maximum absolute atomic E-state index is 13.6. The highest BCUT2D eigenvalue weighted by Crippen LogP contribution is 2.32. The minimum Gasteiger partial charge on any atom is -0.322 e. The lowest BCUT2D eigenvalue weighted by Gasteiger charge is -2.22. The Morgan fingerprint density at radius 2 is 2.00 bits per heavy atom. The van der Waals surface area contributed by atoms with Crippen LogP contribution in [0.3, 0.4) is 0 Å². The van der Waals surface area contributed by atoms with Crippen LogP contribution >= 0.6 is 0 Å². The lowest BCUT2D eigenvalue weighted by Crippen LogP contribution is -2.38. The van der Waals surface area contributed by atoms with Crippen molar-refractivity contribution in [2.45, 2.75) is 26.3 Å². The van der Waals surface area contributed by atoms with Gasteiger partial charge in [-0.2, -0.15) is 0 Å². The highest BCUT2D eigenvalue weighted by atomic mass is 19.1. The second kappa shape index (κ2) is 4.94. The number of rotatable bonds is 3. The number of carbonyl (C=O) groups is 2. The molecule has 1 aliphatic rings. The molecule has 1 aliphatic heterocycles. The molecule has 1 saturated heterocycles. The molecular formula is C14H16F2N2O2. The van der Waals surface area contributed by atoms with E-state index in [0.29, 0.717) is 0 Å². The first-order chi connectivity index (χ1) is 9.22. The van der Waals surface area contributed by atoms with E-state index in [4.69, 9.17) is 5.73 Å². The van der Waals surface area contributed by atoms with Gasteiger partial charge in [0.25, 0.3) is 0 Å². The van der Waals surface area contributed by atoms with Gasteiger partial charge in [0.1, 0.15) is 11.6 Å². The first-order valence-corrected chi connectivity index (χ1v) is 6.28. The lowest BCUT2D eigenvalue weighted by atomic mass is 9.92. The molecule has 4 nitrogen and oxygen atoms in total. The van der Waals surface area contributed by atoms with Crippen molar-refractivity contribution in [1.82, 2.24) is 4.90 Å². The van der Waals surface area contributed by atoms with Crippen molar-refractivity contribution in [3.05, 3.63) is 35.4 Å². The standard InChI is InChI=1S/C14H16F2N2O2/c1-14(2)6-12(19)18(13(14)20)7-11(17)9-4-3-8(15)5-10(9)16/h3-5,11H,6-7,17H2,1-2H3. The van der Waals surface area contributed by atoms with Crippen molar-refractivity contribution in [1.29, 1.82) is 0 Å². The Bertz CT molecular complexity index is 572. The maximum Gasteiger partial charge on any atom is 0.235 e. The van der Waals surface area contributed by atoms with Gasteiger partial charge in [0.05, 0.1) is 11.5 Å². The molecule has 20 heavy (non-hydrogen) atoms.